The van der Waals surface area contributed by atoms with Gasteiger partial charge in [0, 0.05) is 21.9 Å². The summed E-state index contributed by atoms with van der Waals surface area (Å²) >= 11 is 1.67. The fourth-order valence-electron chi connectivity index (χ4n) is 1.47. The quantitative estimate of drug-likeness (QED) is 0.561. The topological polar surface area (TPSA) is 26.3 Å². The summed E-state index contributed by atoms with van der Waals surface area (Å²) in [5, 5.41) is 0. The second-order valence-corrected chi connectivity index (χ2v) is 5.95. The minimum absolute atomic E-state index is 0.102. The van der Waals surface area contributed by atoms with Gasteiger partial charge in [0.1, 0.15) is 6.61 Å². The Morgan fingerprint density at radius 3 is 2.62 bits per heavy atom. The maximum Gasteiger partial charge on any atom is 0.189 e. The molecule has 0 aliphatic heterocycles. The lowest BCUT2D eigenvalue weighted by molar-refractivity contribution is 0.0739. The van der Waals surface area contributed by atoms with Gasteiger partial charge >= 0.3 is 0 Å². The number of ether oxygens (including phenoxy) is 1. The number of Topliss-reactive ketones (excluding diaryl/α,β-unsaturated/α-hetero) is 1. The molecule has 1 rings (SSSR count). The van der Waals surface area contributed by atoms with Gasteiger partial charge in [0.25, 0.3) is 0 Å². The second-order valence-electron chi connectivity index (χ2n) is 4.49. The van der Waals surface area contributed by atoms with E-state index in [1.165, 1.54) is 4.88 Å². The summed E-state index contributed by atoms with van der Waals surface area (Å²) in [6, 6.07) is 1.95. The van der Waals surface area contributed by atoms with Crippen LogP contribution in [0.1, 0.15) is 40.4 Å². The zero-order valence-electron chi connectivity index (χ0n) is 10.5. The molecule has 0 radical (unpaired) electrons. The molecule has 0 saturated carbocycles. The molecule has 1 heterocycles. The molecule has 1 aromatic heterocycles. The molecule has 0 atom stereocenters. The molecule has 0 spiro atoms. The van der Waals surface area contributed by atoms with E-state index in [9.17, 15) is 4.79 Å². The molecule has 0 aliphatic rings. The first-order chi connectivity index (χ1) is 7.50. The van der Waals surface area contributed by atoms with Crippen LogP contribution in [0.15, 0.2) is 6.07 Å². The van der Waals surface area contributed by atoms with Crippen molar-refractivity contribution >= 4 is 17.1 Å². The molecule has 2 nitrogen and oxygen atoms in total. The lowest BCUT2D eigenvalue weighted by Gasteiger charge is -2.05. The zero-order valence-corrected chi connectivity index (χ0v) is 11.3. The van der Waals surface area contributed by atoms with Crippen molar-refractivity contribution in [2.24, 2.45) is 5.92 Å². The van der Waals surface area contributed by atoms with E-state index in [2.05, 4.69) is 13.8 Å². The predicted octanol–water partition coefficient (Wildman–Crippen LogP) is 3.61. The molecule has 1 aromatic rings. The van der Waals surface area contributed by atoms with E-state index in [-0.39, 0.29) is 12.4 Å². The third kappa shape index (κ3) is 4.06. The summed E-state index contributed by atoms with van der Waals surface area (Å²) < 4.78 is 5.38. The van der Waals surface area contributed by atoms with Crippen LogP contribution in [-0.4, -0.2) is 19.0 Å². The van der Waals surface area contributed by atoms with Crippen LogP contribution in [0.5, 0.6) is 0 Å². The SMILES string of the molecule is Cc1cc(C(=O)COCCC(C)C)c(C)s1. The van der Waals surface area contributed by atoms with E-state index >= 15 is 0 Å². The van der Waals surface area contributed by atoms with Crippen LogP contribution in [0, 0.1) is 19.8 Å². The summed E-state index contributed by atoms with van der Waals surface area (Å²) in [7, 11) is 0. The summed E-state index contributed by atoms with van der Waals surface area (Å²) in [6.45, 7) is 9.19. The van der Waals surface area contributed by atoms with Gasteiger partial charge in [-0.15, -0.1) is 11.3 Å². The van der Waals surface area contributed by atoms with Gasteiger partial charge in [0.2, 0.25) is 0 Å². The number of ketones is 1. The monoisotopic (exact) mass is 240 g/mol. The highest BCUT2D eigenvalue weighted by atomic mass is 32.1. The van der Waals surface area contributed by atoms with Crippen molar-refractivity contribution in [1.29, 1.82) is 0 Å². The Morgan fingerprint density at radius 1 is 1.44 bits per heavy atom. The third-order valence-corrected chi connectivity index (χ3v) is 3.38. The average Bonchev–Trinajstić information content (AvgIpc) is 2.52. The minimum Gasteiger partial charge on any atom is -0.373 e. The molecule has 0 amide bonds. The van der Waals surface area contributed by atoms with Gasteiger partial charge in [0.15, 0.2) is 5.78 Å². The Bertz CT molecular complexity index is 353. The molecule has 16 heavy (non-hydrogen) atoms. The first-order valence-electron chi connectivity index (χ1n) is 5.68. The van der Waals surface area contributed by atoms with Crippen molar-refractivity contribution < 1.29 is 9.53 Å². The standard InChI is InChI=1S/C13H20O2S/c1-9(2)5-6-15-8-13(14)12-7-10(3)16-11(12)4/h7,9H,5-6,8H2,1-4H3. The Kier molecular flexibility index (Phi) is 5.16. The average molecular weight is 240 g/mol. The molecule has 0 unspecified atom stereocenters. The molecule has 0 saturated heterocycles. The van der Waals surface area contributed by atoms with Crippen LogP contribution < -0.4 is 0 Å². The van der Waals surface area contributed by atoms with Crippen molar-refractivity contribution in [3.05, 3.63) is 21.4 Å². The van der Waals surface area contributed by atoms with Crippen LogP contribution >= 0.6 is 11.3 Å². The Balaban J connectivity index is 2.38. The van der Waals surface area contributed by atoms with E-state index in [1.54, 1.807) is 11.3 Å². The molecule has 0 aromatic carbocycles. The predicted molar refractivity (Wildman–Crippen MR) is 68.4 cm³/mol. The van der Waals surface area contributed by atoms with Crippen LogP contribution in [-0.2, 0) is 4.74 Å². The first-order valence-corrected chi connectivity index (χ1v) is 6.50. The molecule has 90 valence electrons. The maximum absolute atomic E-state index is 11.8. The highest BCUT2D eigenvalue weighted by Gasteiger charge is 2.11. The van der Waals surface area contributed by atoms with E-state index in [1.807, 2.05) is 19.9 Å². The van der Waals surface area contributed by atoms with E-state index in [0.29, 0.717) is 12.5 Å². The Morgan fingerprint density at radius 2 is 2.12 bits per heavy atom. The van der Waals surface area contributed by atoms with E-state index in [0.717, 1.165) is 16.9 Å². The molecular weight excluding hydrogens is 220 g/mol. The van der Waals surface area contributed by atoms with Gasteiger partial charge in [0.05, 0.1) is 0 Å². The third-order valence-electron chi connectivity index (χ3n) is 2.41. The lowest BCUT2D eigenvalue weighted by Crippen LogP contribution is -2.10. The highest BCUT2D eigenvalue weighted by molar-refractivity contribution is 7.12. The molecule has 0 aliphatic carbocycles. The van der Waals surface area contributed by atoms with Gasteiger partial charge in [-0.25, -0.2) is 0 Å². The first kappa shape index (κ1) is 13.4. The van der Waals surface area contributed by atoms with Gasteiger partial charge < -0.3 is 4.74 Å². The van der Waals surface area contributed by atoms with E-state index < -0.39 is 0 Å². The fraction of sp³-hybridized carbons (Fsp3) is 0.615. The second kappa shape index (κ2) is 6.16. The van der Waals surface area contributed by atoms with Crippen LogP contribution in [0.3, 0.4) is 0 Å². The Hall–Kier alpha value is -0.670. The van der Waals surface area contributed by atoms with Crippen molar-refractivity contribution in [2.45, 2.75) is 34.1 Å². The fourth-order valence-corrected chi connectivity index (χ4v) is 2.41. The summed E-state index contributed by atoms with van der Waals surface area (Å²) in [6.07, 6.45) is 1.01. The van der Waals surface area contributed by atoms with Gasteiger partial charge in [-0.1, -0.05) is 13.8 Å². The van der Waals surface area contributed by atoms with Crippen molar-refractivity contribution in [3.63, 3.8) is 0 Å². The number of hydrogen-bond donors (Lipinski definition) is 0. The van der Waals surface area contributed by atoms with Crippen molar-refractivity contribution in [2.75, 3.05) is 13.2 Å². The zero-order chi connectivity index (χ0) is 12.1. The van der Waals surface area contributed by atoms with Crippen LogP contribution in [0.4, 0.5) is 0 Å². The molecule has 3 heteroatoms. The smallest absolute Gasteiger partial charge is 0.189 e. The maximum atomic E-state index is 11.8. The summed E-state index contributed by atoms with van der Waals surface area (Å²) in [5.74, 6) is 0.728. The molecular formula is C13H20O2S. The van der Waals surface area contributed by atoms with Crippen molar-refractivity contribution in [1.82, 2.24) is 0 Å². The Labute approximate surface area is 102 Å². The minimum atomic E-state index is 0.102. The lowest BCUT2D eigenvalue weighted by atomic mass is 10.1. The number of carbonyl (C=O) groups excluding carboxylic acids is 1. The number of aryl methyl sites for hydroxylation is 2. The molecule has 0 bridgehead atoms. The van der Waals surface area contributed by atoms with Gasteiger partial charge in [-0.3, -0.25) is 4.79 Å². The van der Waals surface area contributed by atoms with Crippen LogP contribution in [0.2, 0.25) is 0 Å². The number of rotatable bonds is 6. The van der Waals surface area contributed by atoms with Crippen molar-refractivity contribution in [3.8, 4) is 0 Å². The van der Waals surface area contributed by atoms with E-state index in [4.69, 9.17) is 4.74 Å². The highest BCUT2D eigenvalue weighted by Crippen LogP contribution is 2.20. The number of hydrogen-bond acceptors (Lipinski definition) is 3. The summed E-state index contributed by atoms with van der Waals surface area (Å²) in [4.78, 5) is 14.1. The molecule has 0 N–H and O–H groups in total. The van der Waals surface area contributed by atoms with Crippen LogP contribution in [0.25, 0.3) is 0 Å². The largest absolute Gasteiger partial charge is 0.373 e. The summed E-state index contributed by atoms with van der Waals surface area (Å²) in [5.41, 5.74) is 0.826. The normalized spacial score (nSPS) is 11.1. The number of thiophene rings is 1. The van der Waals surface area contributed by atoms with Gasteiger partial charge in [-0.05, 0) is 32.3 Å². The number of carbonyl (C=O) groups is 1. The van der Waals surface area contributed by atoms with Gasteiger partial charge in [-0.2, -0.15) is 0 Å². The molecule has 0 fully saturated rings.